The second kappa shape index (κ2) is 5.19. The molecule has 0 spiro atoms. The zero-order valence-electron chi connectivity index (χ0n) is 7.53. The average molecular weight is 190 g/mol. The van der Waals surface area contributed by atoms with Crippen molar-refractivity contribution in [2.75, 3.05) is 0 Å². The lowest BCUT2D eigenvalue weighted by molar-refractivity contribution is -0.136. The van der Waals surface area contributed by atoms with Crippen LogP contribution < -0.4 is 0 Å². The third kappa shape index (κ3) is 3.76. The highest BCUT2D eigenvalue weighted by Crippen LogP contribution is 2.19. The van der Waals surface area contributed by atoms with Gasteiger partial charge in [-0.05, 0) is 6.42 Å². The van der Waals surface area contributed by atoms with Gasteiger partial charge in [0.2, 0.25) is 0 Å². The van der Waals surface area contributed by atoms with Crippen LogP contribution in [0.5, 0.6) is 0 Å². The largest absolute Gasteiger partial charge is 0.480 e. The number of carbonyl (C=O) groups is 2. The Balaban J connectivity index is 4.03. The fourth-order valence-corrected chi connectivity index (χ4v) is 1.40. The minimum atomic E-state index is -0.906. The fraction of sp³-hybridized carbons (Fsp3) is 0.750. The molecular weight excluding hydrogens is 176 g/mol. The number of thioether (sulfide) groups is 1. The summed E-state index contributed by atoms with van der Waals surface area (Å²) in [6, 6.07) is 0. The van der Waals surface area contributed by atoms with Crippen LogP contribution in [0.4, 0.5) is 0 Å². The molecule has 1 atom stereocenters. The van der Waals surface area contributed by atoms with E-state index in [9.17, 15) is 9.59 Å². The summed E-state index contributed by atoms with van der Waals surface area (Å²) in [4.78, 5) is 21.6. The van der Waals surface area contributed by atoms with Gasteiger partial charge in [0, 0.05) is 5.92 Å². The molecule has 0 bridgehead atoms. The van der Waals surface area contributed by atoms with Gasteiger partial charge in [0.05, 0.1) is 0 Å². The molecule has 0 radical (unpaired) electrons. The van der Waals surface area contributed by atoms with E-state index in [1.54, 1.807) is 20.8 Å². The second-order valence-corrected chi connectivity index (χ2v) is 4.03. The molecule has 70 valence electrons. The van der Waals surface area contributed by atoms with Gasteiger partial charge < -0.3 is 5.11 Å². The van der Waals surface area contributed by atoms with E-state index in [1.807, 2.05) is 0 Å². The summed E-state index contributed by atoms with van der Waals surface area (Å²) in [5, 5.41) is 8.00. The van der Waals surface area contributed by atoms with Crippen LogP contribution >= 0.6 is 11.8 Å². The van der Waals surface area contributed by atoms with Crippen LogP contribution in [0.1, 0.15) is 27.2 Å². The number of rotatable bonds is 4. The van der Waals surface area contributed by atoms with E-state index < -0.39 is 11.2 Å². The minimum Gasteiger partial charge on any atom is -0.480 e. The number of aliphatic carboxylic acids is 1. The van der Waals surface area contributed by atoms with Crippen molar-refractivity contribution < 1.29 is 14.7 Å². The van der Waals surface area contributed by atoms with Gasteiger partial charge in [-0.25, -0.2) is 0 Å². The third-order valence-electron chi connectivity index (χ3n) is 1.38. The van der Waals surface area contributed by atoms with Crippen LogP contribution in [-0.2, 0) is 9.59 Å². The Kier molecular flexibility index (Phi) is 4.97. The van der Waals surface area contributed by atoms with Crippen LogP contribution in [0, 0.1) is 5.92 Å². The van der Waals surface area contributed by atoms with Gasteiger partial charge in [0.15, 0.2) is 5.12 Å². The summed E-state index contributed by atoms with van der Waals surface area (Å²) in [6.45, 7) is 5.30. The lowest BCUT2D eigenvalue weighted by Gasteiger charge is -2.09. The van der Waals surface area contributed by atoms with Gasteiger partial charge >= 0.3 is 5.97 Å². The molecule has 0 aromatic rings. The molecular formula is C8H14O3S. The van der Waals surface area contributed by atoms with Crippen molar-refractivity contribution in [2.24, 2.45) is 5.92 Å². The van der Waals surface area contributed by atoms with Crippen molar-refractivity contribution in [3.05, 3.63) is 0 Å². The number of carboxylic acids is 1. The predicted molar refractivity (Wildman–Crippen MR) is 49.2 cm³/mol. The Morgan fingerprint density at radius 2 is 1.92 bits per heavy atom. The smallest absolute Gasteiger partial charge is 0.317 e. The van der Waals surface area contributed by atoms with E-state index in [1.165, 1.54) is 0 Å². The summed E-state index contributed by atoms with van der Waals surface area (Å²) < 4.78 is 0. The van der Waals surface area contributed by atoms with Crippen LogP contribution in [0.3, 0.4) is 0 Å². The average Bonchev–Trinajstić information content (AvgIpc) is 1.98. The first-order chi connectivity index (χ1) is 5.49. The maximum atomic E-state index is 11.1. The van der Waals surface area contributed by atoms with Crippen molar-refractivity contribution in [2.45, 2.75) is 32.4 Å². The third-order valence-corrected chi connectivity index (χ3v) is 2.90. The number of carbonyl (C=O) groups excluding carboxylic acids is 1. The second-order valence-electron chi connectivity index (χ2n) is 2.83. The number of hydrogen-bond donors (Lipinski definition) is 1. The molecule has 0 aliphatic rings. The molecule has 1 N–H and O–H groups in total. The summed E-state index contributed by atoms with van der Waals surface area (Å²) in [7, 11) is 0. The summed E-state index contributed by atoms with van der Waals surface area (Å²) in [6.07, 6.45) is 0.485. The van der Waals surface area contributed by atoms with Crippen LogP contribution in [-0.4, -0.2) is 21.4 Å². The van der Waals surface area contributed by atoms with E-state index in [2.05, 4.69) is 0 Å². The molecule has 0 aliphatic heterocycles. The van der Waals surface area contributed by atoms with Gasteiger partial charge in [0.1, 0.15) is 5.25 Å². The van der Waals surface area contributed by atoms with Crippen LogP contribution in [0.25, 0.3) is 0 Å². The minimum absolute atomic E-state index is 0.0516. The van der Waals surface area contributed by atoms with Crippen molar-refractivity contribution >= 4 is 22.8 Å². The highest BCUT2D eigenvalue weighted by molar-refractivity contribution is 8.14. The summed E-state index contributed by atoms with van der Waals surface area (Å²) in [5.74, 6) is -1.00. The van der Waals surface area contributed by atoms with Crippen LogP contribution in [0.2, 0.25) is 0 Å². The van der Waals surface area contributed by atoms with E-state index in [4.69, 9.17) is 5.11 Å². The fourth-order valence-electron chi connectivity index (χ4n) is 0.585. The summed E-state index contributed by atoms with van der Waals surface area (Å²) >= 11 is 0.922. The first-order valence-corrected chi connectivity index (χ1v) is 4.80. The zero-order valence-corrected chi connectivity index (χ0v) is 8.35. The number of carboxylic acid groups (broad SMARTS) is 1. The van der Waals surface area contributed by atoms with Crippen LogP contribution in [0.15, 0.2) is 0 Å². The molecule has 4 heteroatoms. The molecule has 3 nitrogen and oxygen atoms in total. The van der Waals surface area contributed by atoms with Gasteiger partial charge in [-0.15, -0.1) is 0 Å². The molecule has 0 amide bonds. The molecule has 0 aliphatic carbocycles. The highest BCUT2D eigenvalue weighted by atomic mass is 32.2. The van der Waals surface area contributed by atoms with Gasteiger partial charge in [0.25, 0.3) is 0 Å². The van der Waals surface area contributed by atoms with Gasteiger partial charge in [-0.2, -0.15) is 0 Å². The maximum Gasteiger partial charge on any atom is 0.317 e. The Hall–Kier alpha value is -0.510. The Morgan fingerprint density at radius 1 is 1.42 bits per heavy atom. The molecule has 0 fully saturated rings. The SMILES string of the molecule is CCC(SC(=O)C(C)C)C(=O)O. The van der Waals surface area contributed by atoms with Crippen molar-refractivity contribution in [1.82, 2.24) is 0 Å². The topological polar surface area (TPSA) is 54.4 Å². The molecule has 0 saturated carbocycles. The number of hydrogen-bond acceptors (Lipinski definition) is 3. The normalized spacial score (nSPS) is 13.0. The Labute approximate surface area is 76.5 Å². The Bertz CT molecular complexity index is 177. The van der Waals surface area contributed by atoms with Crippen molar-refractivity contribution in [1.29, 1.82) is 0 Å². The van der Waals surface area contributed by atoms with Gasteiger partial charge in [-0.1, -0.05) is 32.5 Å². The molecule has 1 unspecified atom stereocenters. The maximum absolute atomic E-state index is 11.1. The monoisotopic (exact) mass is 190 g/mol. The molecule has 0 saturated heterocycles. The molecule has 0 rings (SSSR count). The van der Waals surface area contributed by atoms with Crippen molar-refractivity contribution in [3.63, 3.8) is 0 Å². The van der Waals surface area contributed by atoms with E-state index in [0.29, 0.717) is 6.42 Å². The molecule has 12 heavy (non-hydrogen) atoms. The molecule has 0 aromatic carbocycles. The zero-order chi connectivity index (χ0) is 9.72. The molecule has 0 heterocycles. The van der Waals surface area contributed by atoms with Crippen molar-refractivity contribution in [3.8, 4) is 0 Å². The highest BCUT2D eigenvalue weighted by Gasteiger charge is 2.21. The molecule has 0 aromatic heterocycles. The Morgan fingerprint density at radius 3 is 2.17 bits per heavy atom. The first-order valence-electron chi connectivity index (χ1n) is 3.92. The van der Waals surface area contributed by atoms with E-state index in [-0.39, 0.29) is 11.0 Å². The predicted octanol–water partition coefficient (Wildman–Crippen LogP) is 1.77. The standard InChI is InChI=1S/C8H14O3S/c1-4-6(7(9)10)12-8(11)5(2)3/h5-6H,4H2,1-3H3,(H,9,10). The quantitative estimate of drug-likeness (QED) is 0.734. The van der Waals surface area contributed by atoms with E-state index >= 15 is 0 Å². The van der Waals surface area contributed by atoms with E-state index in [0.717, 1.165) is 11.8 Å². The summed E-state index contributed by atoms with van der Waals surface area (Å²) in [5.41, 5.74) is 0. The first kappa shape index (κ1) is 11.5. The lowest BCUT2D eigenvalue weighted by Crippen LogP contribution is -2.19. The van der Waals surface area contributed by atoms with Gasteiger partial charge in [-0.3, -0.25) is 9.59 Å². The lowest BCUT2D eigenvalue weighted by atomic mass is 10.3.